The number of hydrogen-bond donors (Lipinski definition) is 1. The van der Waals surface area contributed by atoms with Crippen molar-refractivity contribution in [1.29, 1.82) is 0 Å². The van der Waals surface area contributed by atoms with Gasteiger partial charge in [0.2, 0.25) is 0 Å². The minimum atomic E-state index is 1.11. The minimum Gasteiger partial charge on any atom is -0.361 e. The number of allylic oxidation sites excluding steroid dienone is 5. The number of rotatable bonds is 1. The van der Waals surface area contributed by atoms with Gasteiger partial charge in [-0.1, -0.05) is 18.2 Å². The molecule has 1 N–H and O–H groups in total. The van der Waals surface area contributed by atoms with Crippen LogP contribution < -0.4 is 0 Å². The monoisotopic (exact) mass is 262 g/mol. The second-order valence-corrected chi connectivity index (χ2v) is 5.16. The summed E-state index contributed by atoms with van der Waals surface area (Å²) < 4.78 is 0. The van der Waals surface area contributed by atoms with E-state index in [1.165, 1.54) is 22.3 Å². The number of benzene rings is 1. The van der Waals surface area contributed by atoms with E-state index in [2.05, 4.69) is 66.9 Å². The molecule has 0 atom stereocenters. The Morgan fingerprint density at radius 1 is 1.10 bits per heavy atom. The molecule has 20 heavy (non-hydrogen) atoms. The first-order chi connectivity index (χ1) is 9.65. The molecule has 1 aromatic heterocycles. The lowest BCUT2D eigenvalue weighted by molar-refractivity contribution is 0.515. The molecule has 0 saturated carbocycles. The number of hydrogen-bond acceptors (Lipinski definition) is 1. The van der Waals surface area contributed by atoms with Gasteiger partial charge in [-0.05, 0) is 38.1 Å². The van der Waals surface area contributed by atoms with Crippen LogP contribution in [-0.4, -0.2) is 16.9 Å². The second-order valence-electron chi connectivity index (χ2n) is 5.16. The molecular formula is C18H18N2. The number of nitrogens with one attached hydrogen (secondary N) is 1. The van der Waals surface area contributed by atoms with Crippen LogP contribution in [0.2, 0.25) is 0 Å². The second kappa shape index (κ2) is 4.92. The Bertz CT molecular complexity index is 759. The summed E-state index contributed by atoms with van der Waals surface area (Å²) in [7, 11) is 2.08. The van der Waals surface area contributed by atoms with Crippen LogP contribution in [-0.2, 0) is 0 Å². The van der Waals surface area contributed by atoms with Gasteiger partial charge in [-0.2, -0.15) is 0 Å². The van der Waals surface area contributed by atoms with Gasteiger partial charge in [-0.25, -0.2) is 0 Å². The van der Waals surface area contributed by atoms with E-state index in [9.17, 15) is 0 Å². The van der Waals surface area contributed by atoms with Crippen molar-refractivity contribution in [3.63, 3.8) is 0 Å². The molecule has 0 fully saturated rings. The summed E-state index contributed by atoms with van der Waals surface area (Å²) in [5.41, 5.74) is 9.31. The summed E-state index contributed by atoms with van der Waals surface area (Å²) >= 11 is 0. The third-order valence-electron chi connectivity index (χ3n) is 3.80. The van der Waals surface area contributed by atoms with E-state index < -0.39 is 0 Å². The smallest absolute Gasteiger partial charge is 0.0460 e. The predicted octanol–water partition coefficient (Wildman–Crippen LogP) is 4.46. The van der Waals surface area contributed by atoms with E-state index in [1.54, 1.807) is 0 Å². The fourth-order valence-electron chi connectivity index (χ4n) is 2.42. The zero-order valence-electron chi connectivity index (χ0n) is 12.1. The highest BCUT2D eigenvalue weighted by molar-refractivity contribution is 5.88. The van der Waals surface area contributed by atoms with Crippen LogP contribution in [0.3, 0.4) is 0 Å². The molecule has 2 heteroatoms. The van der Waals surface area contributed by atoms with Crippen LogP contribution in [0.1, 0.15) is 19.4 Å². The molecule has 0 unspecified atom stereocenters. The number of nitrogens with zero attached hydrogens (tertiary/aromatic N) is 1. The van der Waals surface area contributed by atoms with Crippen LogP contribution in [0.25, 0.3) is 17.0 Å². The van der Waals surface area contributed by atoms with E-state index in [-0.39, 0.29) is 0 Å². The van der Waals surface area contributed by atoms with Crippen molar-refractivity contribution in [2.75, 3.05) is 7.05 Å². The Kier molecular flexibility index (Phi) is 3.09. The van der Waals surface area contributed by atoms with Gasteiger partial charge >= 0.3 is 0 Å². The van der Waals surface area contributed by atoms with E-state index in [1.807, 2.05) is 18.3 Å². The normalized spacial score (nSPS) is 14.9. The summed E-state index contributed by atoms with van der Waals surface area (Å²) in [5, 5.41) is 1.23. The Hall–Kier alpha value is -2.44. The lowest BCUT2D eigenvalue weighted by Gasteiger charge is -2.24. The van der Waals surface area contributed by atoms with Gasteiger partial charge < -0.3 is 9.88 Å². The number of H-pyrrole nitrogens is 1. The van der Waals surface area contributed by atoms with Gasteiger partial charge in [-0.3, -0.25) is 0 Å². The summed E-state index contributed by atoms with van der Waals surface area (Å²) in [6.07, 6.45) is 8.38. The first-order valence-electron chi connectivity index (χ1n) is 6.78. The summed E-state index contributed by atoms with van der Waals surface area (Å²) in [4.78, 5) is 5.46. The van der Waals surface area contributed by atoms with Gasteiger partial charge in [0.1, 0.15) is 0 Å². The SMILES string of the molecule is CC1=CC(=C=Cc2c[nH]c3ccccc23)C=C(C)N1C. The Balaban J connectivity index is 2.04. The standard InChI is InChI=1S/C18H18N2/c1-13-10-15(11-14(2)20(13)3)8-9-16-12-19-18-7-5-4-6-17(16)18/h4-7,9-12,19H,1-3H3. The quantitative estimate of drug-likeness (QED) is 0.752. The maximum Gasteiger partial charge on any atom is 0.0460 e. The predicted molar refractivity (Wildman–Crippen MR) is 85.1 cm³/mol. The van der Waals surface area contributed by atoms with E-state index in [0.717, 1.165) is 11.1 Å². The largest absolute Gasteiger partial charge is 0.361 e. The molecule has 2 nitrogen and oxygen atoms in total. The Morgan fingerprint density at radius 3 is 2.55 bits per heavy atom. The molecule has 0 amide bonds. The number of fused-ring (bicyclic) bond motifs is 1. The van der Waals surface area contributed by atoms with Gasteiger partial charge in [-0.15, -0.1) is 5.73 Å². The van der Waals surface area contributed by atoms with Crippen molar-refractivity contribution < 1.29 is 0 Å². The summed E-state index contributed by atoms with van der Waals surface area (Å²) in [5.74, 6) is 0. The third kappa shape index (κ3) is 2.22. The van der Waals surface area contributed by atoms with Crippen molar-refractivity contribution in [2.24, 2.45) is 0 Å². The summed E-state index contributed by atoms with van der Waals surface area (Å²) in [6, 6.07) is 8.31. The van der Waals surface area contributed by atoms with Crippen molar-refractivity contribution in [3.8, 4) is 0 Å². The number of para-hydroxylation sites is 1. The van der Waals surface area contributed by atoms with Crippen LogP contribution in [0.5, 0.6) is 0 Å². The zero-order chi connectivity index (χ0) is 14.1. The van der Waals surface area contributed by atoms with Crippen LogP contribution in [0.15, 0.2) is 65.3 Å². The van der Waals surface area contributed by atoms with Crippen LogP contribution in [0.4, 0.5) is 0 Å². The highest BCUT2D eigenvalue weighted by Gasteiger charge is 2.07. The molecule has 0 aliphatic carbocycles. The zero-order valence-corrected chi connectivity index (χ0v) is 12.1. The number of aromatic amines is 1. The molecule has 3 rings (SSSR count). The fourth-order valence-corrected chi connectivity index (χ4v) is 2.42. The molecule has 1 aromatic carbocycles. The van der Waals surface area contributed by atoms with Gasteiger partial charge in [0.25, 0.3) is 0 Å². The van der Waals surface area contributed by atoms with Gasteiger partial charge in [0, 0.05) is 46.7 Å². The van der Waals surface area contributed by atoms with Crippen molar-refractivity contribution in [1.82, 2.24) is 9.88 Å². The van der Waals surface area contributed by atoms with E-state index in [0.29, 0.717) is 0 Å². The molecule has 1 aliphatic heterocycles. The molecule has 100 valence electrons. The van der Waals surface area contributed by atoms with Crippen LogP contribution >= 0.6 is 0 Å². The minimum absolute atomic E-state index is 1.11. The topological polar surface area (TPSA) is 19.0 Å². The molecule has 0 saturated heterocycles. The van der Waals surface area contributed by atoms with Crippen molar-refractivity contribution in [3.05, 3.63) is 70.9 Å². The van der Waals surface area contributed by atoms with Crippen LogP contribution in [0, 0.1) is 0 Å². The van der Waals surface area contributed by atoms with Crippen molar-refractivity contribution in [2.45, 2.75) is 13.8 Å². The maximum atomic E-state index is 3.39. The summed E-state index contributed by atoms with van der Waals surface area (Å²) in [6.45, 7) is 4.23. The Labute approximate surface area is 119 Å². The first kappa shape index (κ1) is 12.6. The highest BCUT2D eigenvalue weighted by Crippen LogP contribution is 2.21. The lowest BCUT2D eigenvalue weighted by atomic mass is 10.1. The van der Waals surface area contributed by atoms with Gasteiger partial charge in [0.05, 0.1) is 0 Å². The molecule has 2 aromatic rings. The highest BCUT2D eigenvalue weighted by atomic mass is 15.1. The fraction of sp³-hybridized carbons (Fsp3) is 0.167. The third-order valence-corrected chi connectivity index (χ3v) is 3.80. The lowest BCUT2D eigenvalue weighted by Crippen LogP contribution is -2.16. The van der Waals surface area contributed by atoms with Crippen molar-refractivity contribution >= 4 is 17.0 Å². The van der Waals surface area contributed by atoms with Gasteiger partial charge in [0.15, 0.2) is 0 Å². The average molecular weight is 262 g/mol. The van der Waals surface area contributed by atoms with E-state index >= 15 is 0 Å². The molecule has 0 radical (unpaired) electrons. The Morgan fingerprint density at radius 2 is 1.80 bits per heavy atom. The first-order valence-corrected chi connectivity index (χ1v) is 6.78. The molecule has 1 aliphatic rings. The van der Waals surface area contributed by atoms with E-state index in [4.69, 9.17) is 0 Å². The molecule has 0 spiro atoms. The molecular weight excluding hydrogens is 244 g/mol. The molecule has 2 heterocycles. The maximum absolute atomic E-state index is 3.39. The molecule has 0 bridgehead atoms. The number of aromatic nitrogens is 1. The average Bonchev–Trinajstić information content (AvgIpc) is 2.85.